The molecule has 7 nitrogen and oxygen atoms in total. The van der Waals surface area contributed by atoms with Crippen molar-refractivity contribution in [2.75, 3.05) is 20.3 Å². The van der Waals surface area contributed by atoms with E-state index in [0.717, 1.165) is 0 Å². The molecule has 0 radical (unpaired) electrons. The van der Waals surface area contributed by atoms with Crippen LogP contribution in [-0.2, 0) is 0 Å². The molecule has 0 atom stereocenters. The molecule has 0 bridgehead atoms. The van der Waals surface area contributed by atoms with Crippen molar-refractivity contribution < 1.29 is 23.2 Å². The number of pyridine rings is 1. The van der Waals surface area contributed by atoms with Crippen LogP contribution in [0.1, 0.15) is 16.1 Å². The van der Waals surface area contributed by atoms with Gasteiger partial charge in [0.1, 0.15) is 18.1 Å². The highest BCUT2D eigenvalue weighted by Crippen LogP contribution is 2.30. The quantitative estimate of drug-likeness (QED) is 0.451. The lowest BCUT2D eigenvalue weighted by molar-refractivity contribution is 0.0948. The van der Waals surface area contributed by atoms with Gasteiger partial charge in [-0.05, 0) is 49.4 Å². The number of para-hydroxylation sites is 2. The fourth-order valence-electron chi connectivity index (χ4n) is 3.22. The Hall–Kier alpha value is -3.94. The average Bonchev–Trinajstić information content (AvgIpc) is 3.20. The Morgan fingerprint density at radius 1 is 1.13 bits per heavy atom. The first-order chi connectivity index (χ1) is 15.1. The maximum Gasteiger partial charge on any atom is 0.259 e. The highest BCUT2D eigenvalue weighted by Gasteiger charge is 2.20. The molecule has 0 fully saturated rings. The van der Waals surface area contributed by atoms with Crippen LogP contribution in [0, 0.1) is 12.7 Å². The summed E-state index contributed by atoms with van der Waals surface area (Å²) >= 11 is 0. The third kappa shape index (κ3) is 4.32. The summed E-state index contributed by atoms with van der Waals surface area (Å²) in [5.41, 5.74) is 2.29. The summed E-state index contributed by atoms with van der Waals surface area (Å²) in [6.07, 6.45) is 0. The number of amides is 1. The largest absolute Gasteiger partial charge is 0.493 e. The minimum Gasteiger partial charge on any atom is -0.493 e. The van der Waals surface area contributed by atoms with Gasteiger partial charge in [-0.25, -0.2) is 9.37 Å². The number of fused-ring (bicyclic) bond motifs is 1. The zero-order chi connectivity index (χ0) is 21.8. The molecule has 2 heterocycles. The molecule has 31 heavy (non-hydrogen) atoms. The van der Waals surface area contributed by atoms with Gasteiger partial charge >= 0.3 is 0 Å². The molecule has 1 N–H and O–H groups in total. The molecular weight excluding hydrogens is 401 g/mol. The molecule has 158 valence electrons. The first-order valence-electron chi connectivity index (χ1n) is 9.64. The number of carbonyl (C=O) groups excluding carboxylic acids is 1. The zero-order valence-corrected chi connectivity index (χ0v) is 17.0. The van der Waals surface area contributed by atoms with Crippen molar-refractivity contribution >= 4 is 17.0 Å². The number of hydrogen-bond donors (Lipinski definition) is 1. The van der Waals surface area contributed by atoms with Crippen LogP contribution in [0.4, 0.5) is 4.39 Å². The minimum absolute atomic E-state index is 0.245. The topological polar surface area (TPSA) is 86.5 Å². The summed E-state index contributed by atoms with van der Waals surface area (Å²) in [7, 11) is 1.57. The van der Waals surface area contributed by atoms with Gasteiger partial charge in [0.2, 0.25) is 0 Å². The number of rotatable bonds is 7. The van der Waals surface area contributed by atoms with Crippen molar-refractivity contribution in [3.05, 3.63) is 71.7 Å². The number of ether oxygens (including phenoxy) is 2. The molecule has 4 aromatic rings. The monoisotopic (exact) mass is 421 g/mol. The maximum absolute atomic E-state index is 13.3. The summed E-state index contributed by atoms with van der Waals surface area (Å²) in [6.45, 7) is 2.30. The fourth-order valence-corrected chi connectivity index (χ4v) is 3.22. The van der Waals surface area contributed by atoms with Gasteiger partial charge < -0.3 is 19.3 Å². The average molecular weight is 421 g/mol. The van der Waals surface area contributed by atoms with Gasteiger partial charge in [0.05, 0.1) is 24.6 Å². The van der Waals surface area contributed by atoms with Gasteiger partial charge in [0.25, 0.3) is 11.6 Å². The zero-order valence-electron chi connectivity index (χ0n) is 17.0. The van der Waals surface area contributed by atoms with E-state index >= 15 is 0 Å². The first kappa shape index (κ1) is 20.3. The van der Waals surface area contributed by atoms with Crippen molar-refractivity contribution in [1.29, 1.82) is 0 Å². The predicted octanol–water partition coefficient (Wildman–Crippen LogP) is 4.15. The van der Waals surface area contributed by atoms with Gasteiger partial charge in [-0.15, -0.1) is 0 Å². The molecule has 0 unspecified atom stereocenters. The lowest BCUT2D eigenvalue weighted by atomic mass is 10.0. The summed E-state index contributed by atoms with van der Waals surface area (Å²) in [5.74, 6) is 0.539. The molecule has 2 aromatic carbocycles. The third-order valence-electron chi connectivity index (χ3n) is 4.65. The van der Waals surface area contributed by atoms with Crippen molar-refractivity contribution in [1.82, 2.24) is 15.5 Å². The van der Waals surface area contributed by atoms with Crippen molar-refractivity contribution in [2.45, 2.75) is 6.92 Å². The number of aromatic nitrogens is 2. The molecule has 0 aliphatic carbocycles. The lowest BCUT2D eigenvalue weighted by Crippen LogP contribution is -2.28. The SMILES string of the molecule is COc1ccccc1OCCNC(=O)c1cc(C)nc2onc(-c3ccc(F)cc3)c12. The van der Waals surface area contributed by atoms with E-state index in [-0.39, 0.29) is 30.6 Å². The van der Waals surface area contributed by atoms with Crippen LogP contribution in [0.25, 0.3) is 22.4 Å². The van der Waals surface area contributed by atoms with Crippen LogP contribution in [0.3, 0.4) is 0 Å². The number of nitrogens with zero attached hydrogens (tertiary/aromatic N) is 2. The number of aryl methyl sites for hydroxylation is 1. The molecule has 4 rings (SSSR count). The Bertz CT molecular complexity index is 1220. The Morgan fingerprint density at radius 3 is 2.61 bits per heavy atom. The Labute approximate surface area is 177 Å². The van der Waals surface area contributed by atoms with Gasteiger partial charge in [0, 0.05) is 11.3 Å². The summed E-state index contributed by atoms with van der Waals surface area (Å²) in [5, 5.41) is 7.37. The number of halogens is 1. The van der Waals surface area contributed by atoms with E-state index in [9.17, 15) is 9.18 Å². The molecule has 1 amide bonds. The fraction of sp³-hybridized carbons (Fsp3) is 0.174. The lowest BCUT2D eigenvalue weighted by Gasteiger charge is -2.11. The molecule has 0 aliphatic heterocycles. The molecule has 8 heteroatoms. The molecule has 0 aliphatic rings. The van der Waals surface area contributed by atoms with E-state index in [1.54, 1.807) is 44.4 Å². The Kier molecular flexibility index (Phi) is 5.79. The van der Waals surface area contributed by atoms with Crippen LogP contribution in [0.2, 0.25) is 0 Å². The van der Waals surface area contributed by atoms with Crippen LogP contribution in [0.15, 0.2) is 59.1 Å². The highest BCUT2D eigenvalue weighted by atomic mass is 19.1. The van der Waals surface area contributed by atoms with Crippen molar-refractivity contribution in [2.24, 2.45) is 0 Å². The van der Waals surface area contributed by atoms with E-state index in [1.807, 2.05) is 12.1 Å². The number of benzene rings is 2. The minimum atomic E-state index is -0.362. The summed E-state index contributed by atoms with van der Waals surface area (Å²) in [6, 6.07) is 14.8. The third-order valence-corrected chi connectivity index (χ3v) is 4.65. The van der Waals surface area contributed by atoms with Crippen LogP contribution in [0.5, 0.6) is 11.5 Å². The number of hydrogen-bond acceptors (Lipinski definition) is 6. The van der Waals surface area contributed by atoms with E-state index in [2.05, 4.69) is 15.5 Å². The van der Waals surface area contributed by atoms with E-state index < -0.39 is 0 Å². The standard InChI is InChI=1S/C23H20FN3O4/c1-14-13-17(22(28)25-11-12-30-19-6-4-3-5-18(19)29-2)20-21(27-31-23(20)26-14)15-7-9-16(24)10-8-15/h3-10,13H,11-12H2,1-2H3,(H,25,28). The Morgan fingerprint density at radius 2 is 1.87 bits per heavy atom. The van der Waals surface area contributed by atoms with Gasteiger partial charge in [-0.1, -0.05) is 17.3 Å². The number of methoxy groups -OCH3 is 1. The summed E-state index contributed by atoms with van der Waals surface area (Å²) in [4.78, 5) is 17.2. The second kappa shape index (κ2) is 8.83. The van der Waals surface area contributed by atoms with Gasteiger partial charge in [0.15, 0.2) is 11.5 Å². The second-order valence-electron chi connectivity index (χ2n) is 6.78. The van der Waals surface area contributed by atoms with E-state index in [1.165, 1.54) is 12.1 Å². The van der Waals surface area contributed by atoms with Crippen LogP contribution < -0.4 is 14.8 Å². The first-order valence-corrected chi connectivity index (χ1v) is 9.64. The van der Waals surface area contributed by atoms with Crippen LogP contribution in [-0.4, -0.2) is 36.3 Å². The van der Waals surface area contributed by atoms with Crippen molar-refractivity contribution in [3.63, 3.8) is 0 Å². The Balaban J connectivity index is 1.53. The number of nitrogens with one attached hydrogen (secondary N) is 1. The van der Waals surface area contributed by atoms with E-state index in [4.69, 9.17) is 14.0 Å². The molecule has 0 spiro atoms. The van der Waals surface area contributed by atoms with Gasteiger partial charge in [-0.2, -0.15) is 0 Å². The van der Waals surface area contributed by atoms with E-state index in [0.29, 0.717) is 39.4 Å². The molecule has 0 saturated heterocycles. The van der Waals surface area contributed by atoms with Crippen molar-refractivity contribution in [3.8, 4) is 22.8 Å². The van der Waals surface area contributed by atoms with Gasteiger partial charge in [-0.3, -0.25) is 4.79 Å². The second-order valence-corrected chi connectivity index (χ2v) is 6.78. The predicted molar refractivity (Wildman–Crippen MR) is 113 cm³/mol. The summed E-state index contributed by atoms with van der Waals surface area (Å²) < 4.78 is 29.6. The number of carbonyl (C=O) groups is 1. The smallest absolute Gasteiger partial charge is 0.259 e. The highest BCUT2D eigenvalue weighted by molar-refractivity contribution is 6.09. The van der Waals surface area contributed by atoms with Crippen LogP contribution >= 0.6 is 0 Å². The molecular formula is C23H20FN3O4. The molecule has 0 saturated carbocycles. The maximum atomic E-state index is 13.3. The molecule has 2 aromatic heterocycles. The normalized spacial score (nSPS) is 10.8.